The maximum absolute atomic E-state index is 13.2. The third kappa shape index (κ3) is 12.8. The van der Waals surface area contributed by atoms with Gasteiger partial charge in [0.05, 0.1) is 0 Å². The van der Waals surface area contributed by atoms with E-state index in [1.54, 1.807) is 26.2 Å². The number of anilines is 1. The second-order valence-corrected chi connectivity index (χ2v) is 7.24. The molecule has 2 aromatic carbocycles. The Bertz CT molecular complexity index is 736. The summed E-state index contributed by atoms with van der Waals surface area (Å²) in [6.07, 6.45) is 8.60. The molecule has 160 valence electrons. The first-order valence-corrected chi connectivity index (χ1v) is 10.4. The van der Waals surface area contributed by atoms with Gasteiger partial charge in [0, 0.05) is 30.8 Å². The molecule has 0 radical (unpaired) electrons. The molecule has 0 bridgehead atoms. The second-order valence-electron chi connectivity index (χ2n) is 6.33. The van der Waals surface area contributed by atoms with E-state index in [1.807, 2.05) is 18.2 Å². The van der Waals surface area contributed by atoms with Crippen LogP contribution in [0.25, 0.3) is 6.08 Å². The Kier molecular flexibility index (Phi) is 15.5. The van der Waals surface area contributed by atoms with Crippen LogP contribution in [-0.2, 0) is 11.3 Å². The molecule has 0 aliphatic carbocycles. The van der Waals surface area contributed by atoms with Crippen LogP contribution < -0.4 is 11.1 Å². The number of halogens is 2. The third-order valence-electron chi connectivity index (χ3n) is 3.62. The summed E-state index contributed by atoms with van der Waals surface area (Å²) < 4.78 is 14.3. The van der Waals surface area contributed by atoms with Gasteiger partial charge in [-0.3, -0.25) is 4.79 Å². The van der Waals surface area contributed by atoms with Gasteiger partial charge in [0.25, 0.3) is 0 Å². The van der Waals surface area contributed by atoms with Crippen molar-refractivity contribution in [1.29, 1.82) is 0 Å². The van der Waals surface area contributed by atoms with Gasteiger partial charge in [-0.25, -0.2) is 4.39 Å². The van der Waals surface area contributed by atoms with Crippen molar-refractivity contribution in [3.8, 4) is 0 Å². The smallest absolute Gasteiger partial charge is 0.209 e. The van der Waals surface area contributed by atoms with Crippen molar-refractivity contribution in [2.75, 3.05) is 26.5 Å². The van der Waals surface area contributed by atoms with E-state index in [0.29, 0.717) is 6.54 Å². The minimum Gasteiger partial charge on any atom is -0.380 e. The van der Waals surface area contributed by atoms with E-state index in [1.165, 1.54) is 30.9 Å². The first-order valence-electron chi connectivity index (χ1n) is 9.60. The average molecular weight is 466 g/mol. The number of benzene rings is 2. The van der Waals surface area contributed by atoms with Crippen molar-refractivity contribution in [2.24, 2.45) is 5.73 Å². The number of unbranched alkanes of at least 4 members (excludes halogenated alkanes) is 2. The van der Waals surface area contributed by atoms with Gasteiger partial charge in [-0.1, -0.05) is 60.0 Å². The molecule has 1 amide bonds. The van der Waals surface area contributed by atoms with E-state index in [9.17, 15) is 9.18 Å². The van der Waals surface area contributed by atoms with Gasteiger partial charge in [0.1, 0.15) is 5.82 Å². The van der Waals surface area contributed by atoms with E-state index in [2.05, 4.69) is 52.1 Å². The fraction of sp³-hybridized carbons (Fsp3) is 0.348. The second kappa shape index (κ2) is 16.7. The standard InChI is InChI=1S/C19H21BrFN.C3H7NO.CH5N/c1-2-3-4-5-8-16-13-17(20)10-11-19(16)22-14-15-7-6-9-18(21)12-15;1-4(2)3-5;1-2/h5-13,22H,2-4,14H2,1H3;3H,1-2H3;2H2,1H3/b8-5+;;. The highest BCUT2D eigenvalue weighted by Crippen LogP contribution is 2.23. The molecule has 4 nitrogen and oxygen atoms in total. The monoisotopic (exact) mass is 465 g/mol. The number of hydrogen-bond donors (Lipinski definition) is 2. The number of allylic oxidation sites excluding steroid dienone is 1. The number of rotatable bonds is 8. The van der Waals surface area contributed by atoms with E-state index >= 15 is 0 Å². The lowest BCUT2D eigenvalue weighted by Gasteiger charge is -2.11. The van der Waals surface area contributed by atoms with Crippen molar-refractivity contribution >= 4 is 34.1 Å². The minimum atomic E-state index is -0.199. The molecule has 3 N–H and O–H groups in total. The summed E-state index contributed by atoms with van der Waals surface area (Å²) in [6.45, 7) is 2.80. The fourth-order valence-electron chi connectivity index (χ4n) is 2.21. The Balaban J connectivity index is 0.000000977. The summed E-state index contributed by atoms with van der Waals surface area (Å²) in [5.74, 6) is -0.199. The molecule has 6 heteroatoms. The molecule has 0 aliphatic heterocycles. The number of nitrogens with two attached hydrogens (primary N) is 1. The summed E-state index contributed by atoms with van der Waals surface area (Å²) in [5.41, 5.74) is 7.63. The molecule has 0 unspecified atom stereocenters. The molecule has 0 saturated carbocycles. The van der Waals surface area contributed by atoms with Gasteiger partial charge in [0.15, 0.2) is 0 Å². The highest BCUT2D eigenvalue weighted by molar-refractivity contribution is 9.10. The van der Waals surface area contributed by atoms with Crippen LogP contribution in [0.15, 0.2) is 53.0 Å². The van der Waals surface area contributed by atoms with E-state index in [-0.39, 0.29) is 5.82 Å². The lowest BCUT2D eigenvalue weighted by atomic mass is 10.1. The SMILES string of the molecule is CCCC/C=C/c1cc(Br)ccc1NCc1cccc(F)c1.CN.CN(C)C=O. The Labute approximate surface area is 183 Å². The zero-order valence-corrected chi connectivity index (χ0v) is 19.4. The maximum Gasteiger partial charge on any atom is 0.209 e. The van der Waals surface area contributed by atoms with Gasteiger partial charge in [-0.05, 0) is 54.9 Å². The predicted octanol–water partition coefficient (Wildman–Crippen LogP) is 5.68. The van der Waals surface area contributed by atoms with E-state index in [4.69, 9.17) is 0 Å². The molecule has 2 aromatic rings. The molecule has 0 atom stereocenters. The maximum atomic E-state index is 13.2. The quantitative estimate of drug-likeness (QED) is 0.389. The number of hydrogen-bond acceptors (Lipinski definition) is 3. The molecule has 29 heavy (non-hydrogen) atoms. The Morgan fingerprint density at radius 3 is 2.45 bits per heavy atom. The molecular weight excluding hydrogens is 433 g/mol. The number of carbonyl (C=O) groups excluding carboxylic acids is 1. The predicted molar refractivity (Wildman–Crippen MR) is 126 cm³/mol. The zero-order chi connectivity index (χ0) is 22.1. The van der Waals surface area contributed by atoms with Crippen LogP contribution in [-0.4, -0.2) is 32.5 Å². The molecule has 0 fully saturated rings. The molecule has 0 heterocycles. The van der Waals surface area contributed by atoms with Gasteiger partial charge >= 0.3 is 0 Å². The zero-order valence-electron chi connectivity index (χ0n) is 17.8. The van der Waals surface area contributed by atoms with Crippen molar-refractivity contribution in [3.63, 3.8) is 0 Å². The first kappa shape index (κ1) is 26.8. The van der Waals surface area contributed by atoms with Crippen LogP contribution >= 0.6 is 15.9 Å². The number of amides is 1. The van der Waals surface area contributed by atoms with Crippen molar-refractivity contribution in [1.82, 2.24) is 4.90 Å². The summed E-state index contributed by atoms with van der Waals surface area (Å²) in [6, 6.07) is 12.8. The summed E-state index contributed by atoms with van der Waals surface area (Å²) >= 11 is 3.51. The highest BCUT2D eigenvalue weighted by atomic mass is 79.9. The van der Waals surface area contributed by atoms with Crippen LogP contribution in [0.3, 0.4) is 0 Å². The fourth-order valence-corrected chi connectivity index (χ4v) is 2.59. The van der Waals surface area contributed by atoms with Gasteiger partial charge in [-0.15, -0.1) is 0 Å². The molecule has 2 rings (SSSR count). The third-order valence-corrected chi connectivity index (χ3v) is 4.11. The Morgan fingerprint density at radius 1 is 1.17 bits per heavy atom. The van der Waals surface area contributed by atoms with Crippen LogP contribution in [0.1, 0.15) is 37.3 Å². The lowest BCUT2D eigenvalue weighted by Crippen LogP contribution is -2.06. The number of nitrogens with one attached hydrogen (secondary N) is 1. The normalized spacial score (nSPS) is 9.76. The number of nitrogens with zero attached hydrogens (tertiary/aromatic N) is 1. The molecule has 0 aliphatic rings. The summed E-state index contributed by atoms with van der Waals surface area (Å²) in [5, 5.41) is 3.39. The summed E-state index contributed by atoms with van der Waals surface area (Å²) in [7, 11) is 4.88. The van der Waals surface area contributed by atoms with Crippen LogP contribution in [0, 0.1) is 5.82 Å². The van der Waals surface area contributed by atoms with Crippen molar-refractivity contribution in [3.05, 3.63) is 70.0 Å². The van der Waals surface area contributed by atoms with Crippen molar-refractivity contribution in [2.45, 2.75) is 32.7 Å². The topological polar surface area (TPSA) is 58.4 Å². The molecule has 0 aromatic heterocycles. The first-order chi connectivity index (χ1) is 14.0. The molecule has 0 saturated heterocycles. The Hall–Kier alpha value is -2.18. The largest absolute Gasteiger partial charge is 0.380 e. The van der Waals surface area contributed by atoms with Crippen LogP contribution in [0.2, 0.25) is 0 Å². The molecule has 0 spiro atoms. The lowest BCUT2D eigenvalue weighted by molar-refractivity contribution is -0.115. The van der Waals surface area contributed by atoms with Crippen LogP contribution in [0.5, 0.6) is 0 Å². The number of carbonyl (C=O) groups is 1. The Morgan fingerprint density at radius 2 is 1.86 bits per heavy atom. The molecular formula is C23H33BrFN3O. The van der Waals surface area contributed by atoms with Crippen molar-refractivity contribution < 1.29 is 9.18 Å². The van der Waals surface area contributed by atoms with Gasteiger partial charge < -0.3 is 16.0 Å². The van der Waals surface area contributed by atoms with Gasteiger partial charge in [-0.2, -0.15) is 0 Å². The van der Waals surface area contributed by atoms with E-state index < -0.39 is 0 Å². The van der Waals surface area contributed by atoms with E-state index in [0.717, 1.165) is 34.1 Å². The van der Waals surface area contributed by atoms with Crippen LogP contribution in [0.4, 0.5) is 10.1 Å². The average Bonchev–Trinajstić information content (AvgIpc) is 2.72. The highest BCUT2D eigenvalue weighted by Gasteiger charge is 2.01. The van der Waals surface area contributed by atoms with Gasteiger partial charge in [0.2, 0.25) is 6.41 Å². The summed E-state index contributed by atoms with van der Waals surface area (Å²) in [4.78, 5) is 10.9. The minimum absolute atomic E-state index is 0.199.